The lowest BCUT2D eigenvalue weighted by atomic mass is 10.2. The van der Waals surface area contributed by atoms with E-state index in [4.69, 9.17) is 0 Å². The second-order valence-corrected chi connectivity index (χ2v) is 5.54. The number of rotatable bonds is 5. The number of likely N-dealkylation sites (tertiary alicyclic amines) is 1. The van der Waals surface area contributed by atoms with Gasteiger partial charge in [0.25, 0.3) is 0 Å². The van der Waals surface area contributed by atoms with E-state index >= 15 is 0 Å². The van der Waals surface area contributed by atoms with Crippen LogP contribution in [0, 0.1) is 6.92 Å². The Hall–Kier alpha value is -0.450. The molecule has 0 unspecified atom stereocenters. The van der Waals surface area contributed by atoms with Gasteiger partial charge in [-0.15, -0.1) is 11.3 Å². The molecule has 0 spiro atoms. The molecule has 1 saturated heterocycles. The number of aliphatic hydroxyl groups excluding tert-OH is 1. The summed E-state index contributed by atoms with van der Waals surface area (Å²) in [5, 5.41) is 12.5. The smallest absolute Gasteiger partial charge is 0.0897 e. The predicted octanol–water partition coefficient (Wildman–Crippen LogP) is 1.84. The van der Waals surface area contributed by atoms with Crippen molar-refractivity contribution in [2.45, 2.75) is 38.6 Å². The van der Waals surface area contributed by atoms with Crippen LogP contribution < -0.4 is 0 Å². The number of aryl methyl sites for hydroxylation is 2. The highest BCUT2D eigenvalue weighted by Gasteiger charge is 2.22. The highest BCUT2D eigenvalue weighted by molar-refractivity contribution is 7.09. The van der Waals surface area contributed by atoms with E-state index in [0.29, 0.717) is 12.6 Å². The molecular formula is C12H20N2OS. The van der Waals surface area contributed by atoms with Crippen molar-refractivity contribution in [1.82, 2.24) is 9.88 Å². The van der Waals surface area contributed by atoms with E-state index in [-0.39, 0.29) is 0 Å². The van der Waals surface area contributed by atoms with Crippen LogP contribution in [0.2, 0.25) is 0 Å². The summed E-state index contributed by atoms with van der Waals surface area (Å²) in [6.07, 6.45) is 4.62. The normalized spacial score (nSPS) is 21.8. The highest BCUT2D eigenvalue weighted by atomic mass is 32.1. The zero-order valence-corrected chi connectivity index (χ0v) is 10.7. The van der Waals surface area contributed by atoms with Gasteiger partial charge in [0.15, 0.2) is 0 Å². The SMILES string of the molecule is Cc1nc(CCCN2CCC[C@@H]2CO)cs1. The van der Waals surface area contributed by atoms with Crippen LogP contribution in [-0.4, -0.2) is 40.7 Å². The average Bonchev–Trinajstić information content (AvgIpc) is 2.87. The zero-order chi connectivity index (χ0) is 11.4. The molecule has 3 nitrogen and oxygen atoms in total. The van der Waals surface area contributed by atoms with Gasteiger partial charge in [0, 0.05) is 11.4 Å². The number of nitrogens with zero attached hydrogens (tertiary/aromatic N) is 2. The molecule has 1 N–H and O–H groups in total. The Morgan fingerprint density at radius 1 is 1.62 bits per heavy atom. The van der Waals surface area contributed by atoms with Gasteiger partial charge in [-0.1, -0.05) is 0 Å². The van der Waals surface area contributed by atoms with Gasteiger partial charge in [0.05, 0.1) is 17.3 Å². The van der Waals surface area contributed by atoms with Crippen molar-refractivity contribution in [2.75, 3.05) is 19.7 Å². The molecular weight excluding hydrogens is 220 g/mol. The van der Waals surface area contributed by atoms with Gasteiger partial charge < -0.3 is 5.11 Å². The number of aliphatic hydroxyl groups is 1. The minimum atomic E-state index is 0.315. The van der Waals surface area contributed by atoms with E-state index in [2.05, 4.69) is 22.2 Å². The molecule has 1 aliphatic heterocycles. The standard InChI is InChI=1S/C12H20N2OS/c1-10-13-11(9-16-10)4-2-6-14-7-3-5-12(14)8-15/h9,12,15H,2-8H2,1H3/t12-/m1/s1. The third kappa shape index (κ3) is 3.03. The van der Waals surface area contributed by atoms with Crippen molar-refractivity contribution < 1.29 is 5.11 Å². The Bertz CT molecular complexity index is 327. The first kappa shape index (κ1) is 12.0. The van der Waals surface area contributed by atoms with E-state index in [1.165, 1.54) is 12.1 Å². The lowest BCUT2D eigenvalue weighted by molar-refractivity contribution is 0.158. The van der Waals surface area contributed by atoms with E-state index < -0.39 is 0 Å². The summed E-state index contributed by atoms with van der Waals surface area (Å²) in [5.41, 5.74) is 1.22. The van der Waals surface area contributed by atoms with Crippen LogP contribution in [0.1, 0.15) is 30.0 Å². The van der Waals surface area contributed by atoms with Crippen molar-refractivity contribution in [3.05, 3.63) is 16.1 Å². The van der Waals surface area contributed by atoms with Crippen LogP contribution in [0.3, 0.4) is 0 Å². The van der Waals surface area contributed by atoms with Crippen molar-refractivity contribution in [2.24, 2.45) is 0 Å². The maximum atomic E-state index is 9.20. The molecule has 0 amide bonds. The van der Waals surface area contributed by atoms with Crippen molar-refractivity contribution in [1.29, 1.82) is 0 Å². The number of hydrogen-bond donors (Lipinski definition) is 1. The van der Waals surface area contributed by atoms with Crippen LogP contribution in [0.15, 0.2) is 5.38 Å². The molecule has 90 valence electrons. The first-order chi connectivity index (χ1) is 7.79. The fourth-order valence-corrected chi connectivity index (χ4v) is 3.03. The molecule has 0 aromatic carbocycles. The Balaban J connectivity index is 1.71. The van der Waals surface area contributed by atoms with Crippen molar-refractivity contribution in [3.63, 3.8) is 0 Å². The van der Waals surface area contributed by atoms with Gasteiger partial charge in [-0.2, -0.15) is 0 Å². The largest absolute Gasteiger partial charge is 0.395 e. The first-order valence-electron chi connectivity index (χ1n) is 6.05. The number of hydrogen-bond acceptors (Lipinski definition) is 4. The zero-order valence-electron chi connectivity index (χ0n) is 9.85. The average molecular weight is 240 g/mol. The molecule has 1 aliphatic rings. The van der Waals surface area contributed by atoms with Gasteiger partial charge in [-0.05, 0) is 45.7 Å². The summed E-state index contributed by atoms with van der Waals surface area (Å²) in [6.45, 7) is 4.62. The second-order valence-electron chi connectivity index (χ2n) is 4.48. The summed E-state index contributed by atoms with van der Waals surface area (Å²) in [4.78, 5) is 6.88. The van der Waals surface area contributed by atoms with E-state index in [1.807, 2.05) is 0 Å². The van der Waals surface area contributed by atoms with Gasteiger partial charge in [0.1, 0.15) is 0 Å². The molecule has 0 saturated carbocycles. The summed E-state index contributed by atoms with van der Waals surface area (Å²) in [7, 11) is 0. The Kier molecular flexibility index (Phi) is 4.32. The fourth-order valence-electron chi connectivity index (χ4n) is 2.38. The predicted molar refractivity (Wildman–Crippen MR) is 66.9 cm³/mol. The van der Waals surface area contributed by atoms with Crippen LogP contribution >= 0.6 is 11.3 Å². The molecule has 2 rings (SSSR count). The van der Waals surface area contributed by atoms with E-state index in [0.717, 1.165) is 37.4 Å². The second kappa shape index (κ2) is 5.75. The van der Waals surface area contributed by atoms with E-state index in [1.54, 1.807) is 11.3 Å². The van der Waals surface area contributed by atoms with Crippen LogP contribution in [0.5, 0.6) is 0 Å². The molecule has 4 heteroatoms. The van der Waals surface area contributed by atoms with Crippen LogP contribution in [0.25, 0.3) is 0 Å². The van der Waals surface area contributed by atoms with Gasteiger partial charge in [0.2, 0.25) is 0 Å². The molecule has 0 aliphatic carbocycles. The summed E-state index contributed by atoms with van der Waals surface area (Å²) < 4.78 is 0. The monoisotopic (exact) mass is 240 g/mol. The van der Waals surface area contributed by atoms with E-state index in [9.17, 15) is 5.11 Å². The summed E-state index contributed by atoms with van der Waals surface area (Å²) in [5.74, 6) is 0. The third-order valence-corrected chi connectivity index (χ3v) is 4.08. The first-order valence-corrected chi connectivity index (χ1v) is 6.93. The minimum absolute atomic E-state index is 0.315. The van der Waals surface area contributed by atoms with Crippen molar-refractivity contribution >= 4 is 11.3 Å². The molecule has 0 radical (unpaired) electrons. The maximum absolute atomic E-state index is 9.20. The molecule has 16 heavy (non-hydrogen) atoms. The number of aromatic nitrogens is 1. The Labute approximate surface area is 101 Å². The fraction of sp³-hybridized carbons (Fsp3) is 0.750. The maximum Gasteiger partial charge on any atom is 0.0897 e. The van der Waals surface area contributed by atoms with Crippen LogP contribution in [-0.2, 0) is 6.42 Å². The molecule has 2 heterocycles. The van der Waals surface area contributed by atoms with Gasteiger partial charge in [-0.25, -0.2) is 4.98 Å². The molecule has 1 aromatic heterocycles. The summed E-state index contributed by atoms with van der Waals surface area (Å²) >= 11 is 1.73. The lowest BCUT2D eigenvalue weighted by Gasteiger charge is -2.22. The number of thiazole rings is 1. The quantitative estimate of drug-likeness (QED) is 0.853. The molecule has 1 atom stereocenters. The Morgan fingerprint density at radius 2 is 2.50 bits per heavy atom. The minimum Gasteiger partial charge on any atom is -0.395 e. The highest BCUT2D eigenvalue weighted by Crippen LogP contribution is 2.17. The van der Waals surface area contributed by atoms with Gasteiger partial charge in [-0.3, -0.25) is 4.90 Å². The molecule has 1 aromatic rings. The summed E-state index contributed by atoms with van der Waals surface area (Å²) in [6, 6.07) is 0.414. The third-order valence-electron chi connectivity index (χ3n) is 3.25. The van der Waals surface area contributed by atoms with Crippen molar-refractivity contribution in [3.8, 4) is 0 Å². The Morgan fingerprint density at radius 3 is 3.19 bits per heavy atom. The lowest BCUT2D eigenvalue weighted by Crippen LogP contribution is -2.33. The molecule has 1 fully saturated rings. The molecule has 0 bridgehead atoms. The topological polar surface area (TPSA) is 36.4 Å². The van der Waals surface area contributed by atoms with Gasteiger partial charge >= 0.3 is 0 Å². The van der Waals surface area contributed by atoms with Crippen LogP contribution in [0.4, 0.5) is 0 Å².